The monoisotopic (exact) mass is 695 g/mol. The van der Waals surface area contributed by atoms with E-state index in [1.54, 1.807) is 69.3 Å². The molecule has 3 amide bonds. The fourth-order valence-electron chi connectivity index (χ4n) is 4.58. The molecule has 2 aromatic heterocycles. The van der Waals surface area contributed by atoms with Gasteiger partial charge in [0.15, 0.2) is 6.61 Å². The van der Waals surface area contributed by atoms with Gasteiger partial charge in [-0.15, -0.1) is 0 Å². The molecule has 0 radical (unpaired) electrons. The van der Waals surface area contributed by atoms with Crippen molar-refractivity contribution in [3.63, 3.8) is 0 Å². The molecule has 14 heteroatoms. The summed E-state index contributed by atoms with van der Waals surface area (Å²) in [7, 11) is 1.52. The Balaban J connectivity index is 1.39. The zero-order valence-corrected chi connectivity index (χ0v) is 28.3. The number of anilines is 1. The number of amides is 3. The molecule has 0 spiro atoms. The SMILES string of the molecule is CCOC(=O)COc1cc(C)nc2c(OCc3c(Cl)ccc(NC(=O)C(C)NC(=O)CCc4ccc(C(=O)NC)nc4)c3Cl)cccc12. The number of benzene rings is 2. The zero-order chi connectivity index (χ0) is 34.8. The highest BCUT2D eigenvalue weighted by Gasteiger charge is 2.20. The molecule has 2 aromatic carbocycles. The second-order valence-electron chi connectivity index (χ2n) is 10.6. The molecule has 0 aliphatic heterocycles. The molecule has 48 heavy (non-hydrogen) atoms. The van der Waals surface area contributed by atoms with E-state index >= 15 is 0 Å². The van der Waals surface area contributed by atoms with Crippen LogP contribution in [0.1, 0.15) is 47.6 Å². The molecule has 0 saturated heterocycles. The Kier molecular flexibility index (Phi) is 12.5. The maximum absolute atomic E-state index is 13.0. The van der Waals surface area contributed by atoms with Crippen LogP contribution < -0.4 is 25.4 Å². The number of esters is 1. The summed E-state index contributed by atoms with van der Waals surface area (Å²) in [5, 5.41) is 9.04. The highest BCUT2D eigenvalue weighted by atomic mass is 35.5. The Bertz CT molecular complexity index is 1820. The van der Waals surface area contributed by atoms with Gasteiger partial charge >= 0.3 is 5.97 Å². The fourth-order valence-corrected chi connectivity index (χ4v) is 5.10. The standard InChI is InChI=1S/C34H35Cl2N5O7/c1-5-46-30(43)18-48-28-15-19(2)39-32-22(28)7-6-8-27(32)47-17-23-24(35)11-13-25(31(23)36)41-33(44)20(3)40-29(42)14-10-21-9-12-26(38-16-21)34(45)37-4/h6-9,11-13,15-16,20H,5,10,14,17-18H2,1-4H3,(H,37,45)(H,40,42)(H,41,44). The number of nitrogens with zero attached hydrogens (tertiary/aromatic N) is 2. The number of fused-ring (bicyclic) bond motifs is 1. The van der Waals surface area contributed by atoms with Gasteiger partial charge in [0.2, 0.25) is 11.8 Å². The van der Waals surface area contributed by atoms with Crippen molar-refractivity contribution in [2.24, 2.45) is 0 Å². The van der Waals surface area contributed by atoms with Crippen molar-refractivity contribution < 1.29 is 33.4 Å². The minimum Gasteiger partial charge on any atom is -0.487 e. The molecule has 4 aromatic rings. The van der Waals surface area contributed by atoms with Crippen LogP contribution in [0.15, 0.2) is 54.7 Å². The van der Waals surface area contributed by atoms with Crippen molar-refractivity contribution in [2.75, 3.05) is 25.6 Å². The average Bonchev–Trinajstić information content (AvgIpc) is 3.07. The van der Waals surface area contributed by atoms with E-state index in [4.69, 9.17) is 37.4 Å². The Morgan fingerprint density at radius 2 is 1.79 bits per heavy atom. The minimum atomic E-state index is -0.872. The van der Waals surface area contributed by atoms with Gasteiger partial charge in [-0.25, -0.2) is 9.78 Å². The highest BCUT2D eigenvalue weighted by molar-refractivity contribution is 6.38. The van der Waals surface area contributed by atoms with Crippen LogP contribution in [-0.2, 0) is 32.1 Å². The van der Waals surface area contributed by atoms with Gasteiger partial charge in [0.1, 0.15) is 35.4 Å². The van der Waals surface area contributed by atoms with Crippen molar-refractivity contribution >= 4 is 63.5 Å². The van der Waals surface area contributed by atoms with Crippen LogP contribution >= 0.6 is 23.2 Å². The lowest BCUT2D eigenvalue weighted by Crippen LogP contribution is -2.41. The lowest BCUT2D eigenvalue weighted by Gasteiger charge is -2.17. The summed E-state index contributed by atoms with van der Waals surface area (Å²) in [5.74, 6) is -0.732. The number of para-hydroxylation sites is 1. The van der Waals surface area contributed by atoms with Gasteiger partial charge < -0.3 is 30.2 Å². The molecule has 4 rings (SSSR count). The number of halogens is 2. The fraction of sp³-hybridized carbons (Fsp3) is 0.294. The van der Waals surface area contributed by atoms with E-state index in [9.17, 15) is 19.2 Å². The van der Waals surface area contributed by atoms with Gasteiger partial charge in [0.25, 0.3) is 5.91 Å². The summed E-state index contributed by atoms with van der Waals surface area (Å²) in [4.78, 5) is 57.7. The van der Waals surface area contributed by atoms with Crippen LogP contribution in [0.3, 0.4) is 0 Å². The predicted molar refractivity (Wildman–Crippen MR) is 182 cm³/mol. The van der Waals surface area contributed by atoms with Crippen molar-refractivity contribution in [1.29, 1.82) is 0 Å². The van der Waals surface area contributed by atoms with Crippen LogP contribution in [0.5, 0.6) is 11.5 Å². The van der Waals surface area contributed by atoms with E-state index in [-0.39, 0.29) is 54.5 Å². The Morgan fingerprint density at radius 3 is 2.50 bits per heavy atom. The molecule has 0 fully saturated rings. The number of nitrogens with one attached hydrogen (secondary N) is 3. The number of rotatable bonds is 14. The van der Waals surface area contributed by atoms with Gasteiger partial charge in [-0.2, -0.15) is 0 Å². The Labute approximate surface area is 287 Å². The Hall–Kier alpha value is -4.94. The van der Waals surface area contributed by atoms with Crippen LogP contribution in [0.25, 0.3) is 10.9 Å². The smallest absolute Gasteiger partial charge is 0.344 e. The third-order valence-corrected chi connectivity index (χ3v) is 7.84. The summed E-state index contributed by atoms with van der Waals surface area (Å²) in [6, 6.07) is 12.6. The number of carbonyl (C=O) groups is 4. The van der Waals surface area contributed by atoms with Gasteiger partial charge in [-0.3, -0.25) is 19.4 Å². The second kappa shape index (κ2) is 16.8. The van der Waals surface area contributed by atoms with E-state index in [2.05, 4.69) is 25.9 Å². The summed E-state index contributed by atoms with van der Waals surface area (Å²) in [6.45, 7) is 5.01. The maximum atomic E-state index is 13.0. The number of carbonyl (C=O) groups excluding carboxylic acids is 4. The molecule has 1 atom stereocenters. The lowest BCUT2D eigenvalue weighted by molar-refractivity contribution is -0.145. The minimum absolute atomic E-state index is 0.0552. The predicted octanol–water partition coefficient (Wildman–Crippen LogP) is 5.20. The Morgan fingerprint density at radius 1 is 1.00 bits per heavy atom. The first kappa shape index (κ1) is 35.9. The van der Waals surface area contributed by atoms with Crippen LogP contribution in [0, 0.1) is 6.92 Å². The first-order chi connectivity index (χ1) is 23.0. The van der Waals surface area contributed by atoms with Gasteiger partial charge in [0.05, 0.1) is 17.3 Å². The molecule has 252 valence electrons. The molecule has 0 saturated carbocycles. The number of aromatic nitrogens is 2. The van der Waals surface area contributed by atoms with Crippen LogP contribution in [0.4, 0.5) is 5.69 Å². The van der Waals surface area contributed by atoms with Crippen LogP contribution in [0.2, 0.25) is 10.0 Å². The maximum Gasteiger partial charge on any atom is 0.344 e. The summed E-state index contributed by atoms with van der Waals surface area (Å²) < 4.78 is 16.8. The van der Waals surface area contributed by atoms with Crippen molar-refractivity contribution in [3.05, 3.63) is 87.3 Å². The average molecular weight is 697 g/mol. The zero-order valence-electron chi connectivity index (χ0n) is 26.8. The lowest BCUT2D eigenvalue weighted by atomic mass is 10.1. The van der Waals surface area contributed by atoms with Gasteiger partial charge in [0, 0.05) is 47.4 Å². The molecular weight excluding hydrogens is 661 g/mol. The van der Waals surface area contributed by atoms with Gasteiger partial charge in [-0.1, -0.05) is 35.3 Å². The number of pyridine rings is 2. The number of ether oxygens (including phenoxy) is 3. The third kappa shape index (κ3) is 9.33. The summed E-state index contributed by atoms with van der Waals surface area (Å²) >= 11 is 13.2. The van der Waals surface area contributed by atoms with E-state index < -0.39 is 17.9 Å². The number of aryl methyl sites for hydroxylation is 2. The molecule has 0 aliphatic carbocycles. The van der Waals surface area contributed by atoms with Crippen molar-refractivity contribution in [1.82, 2.24) is 20.6 Å². The third-order valence-electron chi connectivity index (χ3n) is 7.06. The first-order valence-corrected chi connectivity index (χ1v) is 15.8. The quantitative estimate of drug-likeness (QED) is 0.151. The second-order valence-corrected chi connectivity index (χ2v) is 11.4. The molecule has 3 N–H and O–H groups in total. The van der Waals surface area contributed by atoms with Crippen LogP contribution in [-0.4, -0.2) is 60.0 Å². The first-order valence-electron chi connectivity index (χ1n) is 15.1. The molecule has 12 nitrogen and oxygen atoms in total. The van der Waals surface area contributed by atoms with E-state index in [0.717, 1.165) is 5.56 Å². The number of hydrogen-bond acceptors (Lipinski definition) is 9. The molecule has 1 unspecified atom stereocenters. The molecule has 0 aliphatic rings. The topological polar surface area (TPSA) is 158 Å². The molecule has 2 heterocycles. The number of hydrogen-bond donors (Lipinski definition) is 3. The normalized spacial score (nSPS) is 11.4. The summed E-state index contributed by atoms with van der Waals surface area (Å²) in [5.41, 5.74) is 2.92. The largest absolute Gasteiger partial charge is 0.487 e. The van der Waals surface area contributed by atoms with E-state index in [0.29, 0.717) is 45.1 Å². The summed E-state index contributed by atoms with van der Waals surface area (Å²) in [6.07, 6.45) is 2.03. The van der Waals surface area contributed by atoms with E-state index in [1.807, 2.05) is 0 Å². The van der Waals surface area contributed by atoms with E-state index in [1.165, 1.54) is 13.2 Å². The highest BCUT2D eigenvalue weighted by Crippen LogP contribution is 2.35. The molecular formula is C34H35Cl2N5O7. The molecule has 0 bridgehead atoms. The van der Waals surface area contributed by atoms with Crippen molar-refractivity contribution in [2.45, 2.75) is 46.3 Å². The van der Waals surface area contributed by atoms with Crippen molar-refractivity contribution in [3.8, 4) is 11.5 Å². The van der Waals surface area contributed by atoms with Gasteiger partial charge in [-0.05, 0) is 63.1 Å².